The Balaban J connectivity index is 3.62. The highest BCUT2D eigenvalue weighted by Gasteiger charge is 2.27. The number of primary sulfonamides is 1. The highest BCUT2D eigenvalue weighted by Crippen LogP contribution is 2.30. The van der Waals surface area contributed by atoms with Crippen LogP contribution in [0.4, 0.5) is 13.2 Å². The van der Waals surface area contributed by atoms with Crippen LogP contribution in [-0.2, 0) is 10.0 Å². The second-order valence-corrected chi connectivity index (χ2v) is 4.37. The highest BCUT2D eigenvalue weighted by atomic mass is 35.5. The van der Waals surface area contributed by atoms with Crippen molar-refractivity contribution in [2.45, 2.75) is 11.5 Å². The maximum atomic E-state index is 13.1. The summed E-state index contributed by atoms with van der Waals surface area (Å²) in [6.07, 6.45) is -2.77. The normalized spacial score (nSPS) is 12.1. The van der Waals surface area contributed by atoms with Crippen molar-refractivity contribution in [3.05, 3.63) is 22.6 Å². The van der Waals surface area contributed by atoms with Crippen molar-refractivity contribution >= 4 is 21.6 Å². The van der Waals surface area contributed by atoms with Crippen LogP contribution in [0.5, 0.6) is 0 Å². The molecule has 0 spiro atoms. The first-order chi connectivity index (χ1) is 6.75. The zero-order valence-corrected chi connectivity index (χ0v) is 8.49. The minimum absolute atomic E-state index is 0.600. The molecule has 0 bridgehead atoms. The van der Waals surface area contributed by atoms with Crippen LogP contribution in [0.15, 0.2) is 11.2 Å². The average molecular weight is 261 g/mol. The molecular formula is C6H4ClF3N2O2S. The number of rotatable bonds is 2. The van der Waals surface area contributed by atoms with Gasteiger partial charge in [0, 0.05) is 0 Å². The highest BCUT2D eigenvalue weighted by molar-refractivity contribution is 7.89. The summed E-state index contributed by atoms with van der Waals surface area (Å²) in [6, 6.07) is 0. The van der Waals surface area contributed by atoms with Gasteiger partial charge in [-0.1, -0.05) is 11.6 Å². The lowest BCUT2D eigenvalue weighted by Crippen LogP contribution is -2.18. The molecule has 0 atom stereocenters. The number of aromatic nitrogens is 1. The topological polar surface area (TPSA) is 73.1 Å². The van der Waals surface area contributed by atoms with Crippen LogP contribution in [0.3, 0.4) is 0 Å². The van der Waals surface area contributed by atoms with E-state index in [4.69, 9.17) is 11.6 Å². The van der Waals surface area contributed by atoms with Crippen molar-refractivity contribution in [1.82, 2.24) is 4.98 Å². The van der Waals surface area contributed by atoms with Gasteiger partial charge in [0.15, 0.2) is 10.8 Å². The Morgan fingerprint density at radius 1 is 1.47 bits per heavy atom. The summed E-state index contributed by atoms with van der Waals surface area (Å²) in [6.45, 7) is 0. The van der Waals surface area contributed by atoms with Crippen LogP contribution in [0.1, 0.15) is 12.0 Å². The summed E-state index contributed by atoms with van der Waals surface area (Å²) in [4.78, 5) is 3.07. The van der Waals surface area contributed by atoms with E-state index in [1.54, 1.807) is 0 Å². The summed E-state index contributed by atoms with van der Waals surface area (Å²) in [5, 5.41) is 2.68. The molecule has 0 aliphatic rings. The first kappa shape index (κ1) is 12.2. The third-order valence-electron chi connectivity index (χ3n) is 1.46. The van der Waals surface area contributed by atoms with E-state index in [1.165, 1.54) is 0 Å². The number of hydrogen-bond donors (Lipinski definition) is 1. The van der Waals surface area contributed by atoms with E-state index in [0.29, 0.717) is 6.20 Å². The molecule has 2 N–H and O–H groups in total. The van der Waals surface area contributed by atoms with Gasteiger partial charge in [-0.05, 0) is 0 Å². The third kappa shape index (κ3) is 2.39. The quantitative estimate of drug-likeness (QED) is 0.875. The number of sulfonamides is 1. The van der Waals surface area contributed by atoms with Crippen molar-refractivity contribution in [2.75, 3.05) is 0 Å². The lowest BCUT2D eigenvalue weighted by atomic mass is 10.3. The van der Waals surface area contributed by atoms with Gasteiger partial charge in [-0.25, -0.2) is 31.7 Å². The van der Waals surface area contributed by atoms with Crippen molar-refractivity contribution in [3.63, 3.8) is 0 Å². The zero-order valence-electron chi connectivity index (χ0n) is 6.92. The zero-order chi connectivity index (χ0) is 11.8. The molecule has 0 fully saturated rings. The Kier molecular flexibility index (Phi) is 3.22. The van der Waals surface area contributed by atoms with Gasteiger partial charge in [0.2, 0.25) is 0 Å². The van der Waals surface area contributed by atoms with Crippen LogP contribution >= 0.6 is 11.6 Å². The molecule has 4 nitrogen and oxygen atoms in total. The number of pyridine rings is 1. The maximum absolute atomic E-state index is 13.1. The van der Waals surface area contributed by atoms with Gasteiger partial charge in [-0.3, -0.25) is 0 Å². The van der Waals surface area contributed by atoms with Crippen molar-refractivity contribution in [2.24, 2.45) is 5.14 Å². The van der Waals surface area contributed by atoms with E-state index >= 15 is 0 Å². The standard InChI is InChI=1S/C6H4ClF3N2O2S/c7-2-1-12-6(15(11,13)14)3(4(2)8)5(9)10/h1,5H,(H2,11,13,14). The van der Waals surface area contributed by atoms with Gasteiger partial charge in [-0.2, -0.15) is 0 Å². The molecule has 0 amide bonds. The largest absolute Gasteiger partial charge is 0.269 e. The summed E-state index contributed by atoms with van der Waals surface area (Å²) in [5.74, 6) is -1.54. The molecule has 0 radical (unpaired) electrons. The maximum Gasteiger partial charge on any atom is 0.269 e. The first-order valence-electron chi connectivity index (χ1n) is 3.40. The predicted molar refractivity (Wildman–Crippen MR) is 45.5 cm³/mol. The smallest absolute Gasteiger partial charge is 0.241 e. The Morgan fingerprint density at radius 3 is 2.40 bits per heavy atom. The molecule has 0 saturated heterocycles. The van der Waals surface area contributed by atoms with E-state index in [-0.39, 0.29) is 0 Å². The van der Waals surface area contributed by atoms with Gasteiger partial charge in [-0.15, -0.1) is 0 Å². The van der Waals surface area contributed by atoms with E-state index in [0.717, 1.165) is 0 Å². The van der Waals surface area contributed by atoms with Crippen LogP contribution < -0.4 is 5.14 Å². The Labute approximate surface area is 87.9 Å². The van der Waals surface area contributed by atoms with Crippen LogP contribution in [0, 0.1) is 5.82 Å². The second-order valence-electron chi connectivity index (χ2n) is 2.48. The summed E-state index contributed by atoms with van der Waals surface area (Å²) < 4.78 is 59.3. The number of nitrogens with two attached hydrogens (primary N) is 1. The van der Waals surface area contributed by atoms with E-state index < -0.39 is 37.9 Å². The van der Waals surface area contributed by atoms with Crippen molar-refractivity contribution < 1.29 is 21.6 Å². The van der Waals surface area contributed by atoms with E-state index in [1.807, 2.05) is 0 Å². The van der Waals surface area contributed by atoms with Crippen LogP contribution in [0.2, 0.25) is 5.02 Å². The molecule has 1 rings (SSSR count). The van der Waals surface area contributed by atoms with Gasteiger partial charge >= 0.3 is 0 Å². The number of alkyl halides is 2. The van der Waals surface area contributed by atoms with Gasteiger partial charge in [0.05, 0.1) is 16.8 Å². The minimum atomic E-state index is -4.51. The van der Waals surface area contributed by atoms with Crippen molar-refractivity contribution in [3.8, 4) is 0 Å². The van der Waals surface area contributed by atoms with Crippen LogP contribution in [-0.4, -0.2) is 13.4 Å². The first-order valence-corrected chi connectivity index (χ1v) is 5.32. The molecule has 1 aromatic rings. The lowest BCUT2D eigenvalue weighted by molar-refractivity contribution is 0.141. The fourth-order valence-electron chi connectivity index (χ4n) is 0.880. The molecule has 1 aromatic heterocycles. The Hall–Kier alpha value is -0.860. The van der Waals surface area contributed by atoms with E-state index in [9.17, 15) is 21.6 Å². The number of hydrogen-bond acceptors (Lipinski definition) is 3. The monoisotopic (exact) mass is 260 g/mol. The average Bonchev–Trinajstić information content (AvgIpc) is 2.06. The molecule has 0 aromatic carbocycles. The molecule has 15 heavy (non-hydrogen) atoms. The second kappa shape index (κ2) is 3.95. The van der Waals surface area contributed by atoms with Crippen LogP contribution in [0.25, 0.3) is 0 Å². The predicted octanol–water partition coefficient (Wildman–Crippen LogP) is 1.46. The molecular weight excluding hydrogens is 257 g/mol. The summed E-state index contributed by atoms with van der Waals surface area (Å²) >= 11 is 5.17. The molecule has 0 unspecified atom stereocenters. The molecule has 0 saturated carbocycles. The molecule has 1 heterocycles. The SMILES string of the molecule is NS(=O)(=O)c1ncc(Cl)c(F)c1C(F)F. The van der Waals surface area contributed by atoms with Gasteiger partial charge in [0.1, 0.15) is 0 Å². The third-order valence-corrected chi connectivity index (χ3v) is 2.59. The Morgan fingerprint density at radius 2 is 2.00 bits per heavy atom. The minimum Gasteiger partial charge on any atom is -0.241 e. The fourth-order valence-corrected chi connectivity index (χ4v) is 1.72. The van der Waals surface area contributed by atoms with E-state index in [2.05, 4.69) is 10.1 Å². The molecule has 0 aliphatic carbocycles. The fraction of sp³-hybridized carbons (Fsp3) is 0.167. The van der Waals surface area contributed by atoms with Gasteiger partial charge < -0.3 is 0 Å². The Bertz CT molecular complexity index is 491. The van der Waals surface area contributed by atoms with Crippen molar-refractivity contribution in [1.29, 1.82) is 0 Å². The summed E-state index contributed by atoms with van der Waals surface area (Å²) in [5.41, 5.74) is -1.41. The molecule has 84 valence electrons. The number of halogens is 4. The molecule has 0 aliphatic heterocycles. The summed E-state index contributed by atoms with van der Waals surface area (Å²) in [7, 11) is -4.51. The lowest BCUT2D eigenvalue weighted by Gasteiger charge is -2.07. The molecule has 9 heteroatoms. The van der Waals surface area contributed by atoms with Gasteiger partial charge in [0.25, 0.3) is 16.4 Å². The number of nitrogens with zero attached hydrogens (tertiary/aromatic N) is 1.